The van der Waals surface area contributed by atoms with Gasteiger partial charge in [-0.3, -0.25) is 9.78 Å². The first-order chi connectivity index (χ1) is 16.5. The van der Waals surface area contributed by atoms with Crippen LogP contribution in [0, 0.1) is 0 Å². The fraction of sp³-hybridized carbons (Fsp3) is 0.333. The van der Waals surface area contributed by atoms with Crippen molar-refractivity contribution in [3.8, 4) is 16.9 Å². The molecule has 3 aromatic rings. The van der Waals surface area contributed by atoms with Crippen molar-refractivity contribution in [2.24, 2.45) is 0 Å². The van der Waals surface area contributed by atoms with Gasteiger partial charge in [0.15, 0.2) is 0 Å². The predicted octanol–water partition coefficient (Wildman–Crippen LogP) is 4.36. The Morgan fingerprint density at radius 2 is 1.65 bits per heavy atom. The molecule has 7 heteroatoms. The average Bonchev–Trinajstić information content (AvgIpc) is 2.88. The zero-order valence-corrected chi connectivity index (χ0v) is 20.4. The molecule has 0 saturated carbocycles. The Balaban J connectivity index is 1.38. The molecule has 3 heterocycles. The van der Waals surface area contributed by atoms with Crippen molar-refractivity contribution in [1.29, 1.82) is 0 Å². The van der Waals surface area contributed by atoms with Crippen LogP contribution in [0.2, 0.25) is 5.02 Å². The summed E-state index contributed by atoms with van der Waals surface area (Å²) in [6, 6.07) is 15.6. The number of ether oxygens (including phenoxy) is 1. The van der Waals surface area contributed by atoms with Crippen molar-refractivity contribution >= 4 is 23.2 Å². The number of aromatic nitrogens is 1. The Hall–Kier alpha value is -3.09. The van der Waals surface area contributed by atoms with Crippen molar-refractivity contribution in [2.45, 2.75) is 13.0 Å². The second-order valence-electron chi connectivity index (χ2n) is 8.95. The van der Waals surface area contributed by atoms with Crippen LogP contribution >= 0.6 is 11.6 Å². The molecule has 0 radical (unpaired) electrons. The number of piperazine rings is 1. The minimum Gasteiger partial charge on any atom is -0.496 e. The van der Waals surface area contributed by atoms with Crippen LogP contribution in [0.15, 0.2) is 54.7 Å². The summed E-state index contributed by atoms with van der Waals surface area (Å²) in [6.45, 7) is 5.25. The van der Waals surface area contributed by atoms with Crippen molar-refractivity contribution < 1.29 is 9.53 Å². The van der Waals surface area contributed by atoms with Gasteiger partial charge in [0.05, 0.1) is 7.11 Å². The van der Waals surface area contributed by atoms with E-state index in [0.717, 1.165) is 49.5 Å². The van der Waals surface area contributed by atoms with E-state index in [1.54, 1.807) is 13.3 Å². The van der Waals surface area contributed by atoms with Crippen LogP contribution in [-0.2, 0) is 13.0 Å². The van der Waals surface area contributed by atoms with E-state index < -0.39 is 0 Å². The van der Waals surface area contributed by atoms with Crippen molar-refractivity contribution in [3.63, 3.8) is 0 Å². The molecule has 6 nitrogen and oxygen atoms in total. The molecule has 0 spiro atoms. The number of halogens is 1. The maximum atomic E-state index is 13.4. The lowest BCUT2D eigenvalue weighted by molar-refractivity contribution is 0.0728. The van der Waals surface area contributed by atoms with Crippen LogP contribution in [0.25, 0.3) is 11.1 Å². The van der Waals surface area contributed by atoms with Crippen LogP contribution in [0.4, 0.5) is 5.69 Å². The lowest BCUT2D eigenvalue weighted by Gasteiger charge is -2.38. The zero-order chi connectivity index (χ0) is 23.7. The van der Waals surface area contributed by atoms with E-state index in [9.17, 15) is 4.79 Å². The van der Waals surface area contributed by atoms with E-state index in [-0.39, 0.29) is 5.91 Å². The molecular weight excluding hydrogens is 448 g/mol. The Morgan fingerprint density at radius 3 is 2.32 bits per heavy atom. The molecule has 0 aliphatic carbocycles. The van der Waals surface area contributed by atoms with Gasteiger partial charge in [-0.2, -0.15) is 0 Å². The zero-order valence-electron chi connectivity index (χ0n) is 19.6. The number of methoxy groups -OCH3 is 1. The summed E-state index contributed by atoms with van der Waals surface area (Å²) >= 11 is 6.00. The minimum absolute atomic E-state index is 0.0412. The number of anilines is 1. The van der Waals surface area contributed by atoms with Gasteiger partial charge in [-0.25, -0.2) is 0 Å². The number of rotatable bonds is 4. The van der Waals surface area contributed by atoms with Gasteiger partial charge in [0.1, 0.15) is 11.4 Å². The normalized spacial score (nSPS) is 16.3. The molecular formula is C27H29ClN4O2. The number of likely N-dealkylation sites (N-methyl/N-ethyl adjacent to an activating group) is 1. The van der Waals surface area contributed by atoms with Gasteiger partial charge >= 0.3 is 0 Å². The molecule has 0 bridgehead atoms. The third-order valence-electron chi connectivity index (χ3n) is 6.86. The average molecular weight is 477 g/mol. The second kappa shape index (κ2) is 9.65. The van der Waals surface area contributed by atoms with Crippen LogP contribution in [0.5, 0.6) is 5.75 Å². The topological polar surface area (TPSA) is 48.9 Å². The first kappa shape index (κ1) is 22.7. The quantitative estimate of drug-likeness (QED) is 0.560. The number of carbonyl (C=O) groups is 1. The summed E-state index contributed by atoms with van der Waals surface area (Å²) in [6.07, 6.45) is 2.53. The van der Waals surface area contributed by atoms with Gasteiger partial charge in [0.25, 0.3) is 5.91 Å². The number of hydrogen-bond acceptors (Lipinski definition) is 5. The van der Waals surface area contributed by atoms with Crippen molar-refractivity contribution in [2.75, 3.05) is 51.8 Å². The highest BCUT2D eigenvalue weighted by atomic mass is 35.5. The smallest absolute Gasteiger partial charge is 0.272 e. The van der Waals surface area contributed by atoms with Gasteiger partial charge in [-0.05, 0) is 49.4 Å². The van der Waals surface area contributed by atoms with E-state index in [1.165, 1.54) is 16.8 Å². The van der Waals surface area contributed by atoms with Gasteiger partial charge in [-0.1, -0.05) is 29.8 Å². The number of pyridine rings is 1. The highest BCUT2D eigenvalue weighted by Crippen LogP contribution is 2.36. The first-order valence-corrected chi connectivity index (χ1v) is 12.0. The third-order valence-corrected chi connectivity index (χ3v) is 7.11. The third kappa shape index (κ3) is 4.48. The van der Waals surface area contributed by atoms with Crippen molar-refractivity contribution in [1.82, 2.24) is 14.8 Å². The van der Waals surface area contributed by atoms with E-state index in [2.05, 4.69) is 34.0 Å². The fourth-order valence-electron chi connectivity index (χ4n) is 4.83. The molecule has 2 aliphatic heterocycles. The SMILES string of the molecule is COc1ccc(N2CCN(C)CC2)c2c1CCN(C(=O)c1ccc(-c3ccc(Cl)cc3)cn1)C2. The van der Waals surface area contributed by atoms with Crippen LogP contribution in [-0.4, -0.2) is 67.6 Å². The number of carbonyl (C=O) groups excluding carboxylic acids is 1. The molecule has 1 amide bonds. The standard InChI is InChI=1S/C27H29ClN4O2/c1-30-13-15-31(16-14-30)25-9-10-26(34-2)22-11-12-32(18-23(22)25)27(33)24-8-5-20(17-29-24)19-3-6-21(28)7-4-19/h3-10,17H,11-16,18H2,1-2H3. The van der Waals surface area contributed by atoms with Crippen LogP contribution in [0.3, 0.4) is 0 Å². The van der Waals surface area contributed by atoms with Crippen molar-refractivity contribution in [3.05, 3.63) is 76.6 Å². The van der Waals surface area contributed by atoms with Gasteiger partial charge in [0.2, 0.25) is 0 Å². The molecule has 176 valence electrons. The minimum atomic E-state index is -0.0412. The Bertz CT molecular complexity index is 1170. The number of nitrogens with zero attached hydrogens (tertiary/aromatic N) is 4. The molecule has 1 aromatic heterocycles. The van der Waals surface area contributed by atoms with Crippen LogP contribution in [0.1, 0.15) is 21.6 Å². The molecule has 0 atom stereocenters. The van der Waals surface area contributed by atoms with Gasteiger partial charge in [0, 0.05) is 72.9 Å². The lowest BCUT2D eigenvalue weighted by atomic mass is 9.95. The molecule has 2 aliphatic rings. The summed E-state index contributed by atoms with van der Waals surface area (Å²) in [5.74, 6) is 0.867. The lowest BCUT2D eigenvalue weighted by Crippen LogP contribution is -2.45. The largest absolute Gasteiger partial charge is 0.496 e. The first-order valence-electron chi connectivity index (χ1n) is 11.7. The summed E-state index contributed by atoms with van der Waals surface area (Å²) in [5.41, 5.74) is 6.07. The van der Waals surface area contributed by atoms with Gasteiger partial charge < -0.3 is 19.4 Å². The van der Waals surface area contributed by atoms with E-state index in [1.807, 2.05) is 41.3 Å². The second-order valence-corrected chi connectivity index (χ2v) is 9.39. The molecule has 5 rings (SSSR count). The summed E-state index contributed by atoms with van der Waals surface area (Å²) in [7, 11) is 3.88. The molecule has 2 aromatic carbocycles. The van der Waals surface area contributed by atoms with Crippen LogP contribution < -0.4 is 9.64 Å². The Labute approximate surface area is 205 Å². The highest BCUT2D eigenvalue weighted by molar-refractivity contribution is 6.30. The number of amides is 1. The number of fused-ring (bicyclic) bond motifs is 1. The Kier molecular flexibility index (Phi) is 6.44. The highest BCUT2D eigenvalue weighted by Gasteiger charge is 2.29. The maximum Gasteiger partial charge on any atom is 0.272 e. The van der Waals surface area contributed by atoms with E-state index in [4.69, 9.17) is 16.3 Å². The summed E-state index contributed by atoms with van der Waals surface area (Å²) < 4.78 is 5.66. The van der Waals surface area contributed by atoms with Gasteiger partial charge in [-0.15, -0.1) is 0 Å². The predicted molar refractivity (Wildman–Crippen MR) is 136 cm³/mol. The summed E-state index contributed by atoms with van der Waals surface area (Å²) in [5, 5.41) is 0.696. The Morgan fingerprint density at radius 1 is 0.912 bits per heavy atom. The molecule has 0 unspecified atom stereocenters. The molecule has 1 saturated heterocycles. The number of benzene rings is 2. The number of hydrogen-bond donors (Lipinski definition) is 0. The summed E-state index contributed by atoms with van der Waals surface area (Å²) in [4.78, 5) is 24.6. The van der Waals surface area contributed by atoms with E-state index >= 15 is 0 Å². The monoisotopic (exact) mass is 476 g/mol. The maximum absolute atomic E-state index is 13.4. The fourth-order valence-corrected chi connectivity index (χ4v) is 4.96. The molecule has 1 fully saturated rings. The molecule has 0 N–H and O–H groups in total. The molecule has 34 heavy (non-hydrogen) atoms. The van der Waals surface area contributed by atoms with E-state index in [0.29, 0.717) is 23.8 Å².